The Kier molecular flexibility index (Phi) is 9.09. The van der Waals surface area contributed by atoms with Gasteiger partial charge in [0.2, 0.25) is 0 Å². The highest BCUT2D eigenvalue weighted by Gasteiger charge is 2.37. The molecule has 5 nitrogen and oxygen atoms in total. The lowest BCUT2D eigenvalue weighted by Crippen LogP contribution is -2.43. The van der Waals surface area contributed by atoms with Crippen LogP contribution in [0.25, 0.3) is 5.57 Å². The second-order valence-electron chi connectivity index (χ2n) is 8.13. The first-order chi connectivity index (χ1) is 15.4. The molecule has 0 atom stereocenters. The first-order valence-corrected chi connectivity index (χ1v) is 10.8. The number of amides is 1. The topological polar surface area (TPSA) is 69.9 Å². The van der Waals surface area contributed by atoms with E-state index in [0.717, 1.165) is 16.7 Å². The summed E-state index contributed by atoms with van der Waals surface area (Å²) in [5.74, 6) is -0.0563. The number of aromatic nitrogens is 2. The number of carbonyl (C=O) groups is 1. The van der Waals surface area contributed by atoms with E-state index in [2.05, 4.69) is 29.2 Å². The number of rotatable bonds is 8. The van der Waals surface area contributed by atoms with E-state index < -0.39 is 5.41 Å². The Labute approximate surface area is 191 Å². The zero-order valence-electron chi connectivity index (χ0n) is 19.3. The predicted octanol–water partition coefficient (Wildman–Crippen LogP) is 5.59. The van der Waals surface area contributed by atoms with Crippen LogP contribution in [0.5, 0.6) is 0 Å². The van der Waals surface area contributed by atoms with Gasteiger partial charge in [0.25, 0.3) is 5.91 Å². The van der Waals surface area contributed by atoms with Crippen molar-refractivity contribution in [2.75, 3.05) is 13.1 Å². The van der Waals surface area contributed by atoms with Crippen LogP contribution in [0, 0.1) is 16.7 Å². The van der Waals surface area contributed by atoms with E-state index in [1.807, 2.05) is 43.9 Å². The third-order valence-electron chi connectivity index (χ3n) is 5.74. The lowest BCUT2D eigenvalue weighted by Gasteiger charge is -2.38. The molecule has 0 spiro atoms. The molecule has 1 aromatic rings. The van der Waals surface area contributed by atoms with E-state index in [9.17, 15) is 10.1 Å². The highest BCUT2D eigenvalue weighted by Crippen LogP contribution is 2.38. The molecule has 0 aromatic carbocycles. The van der Waals surface area contributed by atoms with Crippen LogP contribution >= 0.6 is 0 Å². The van der Waals surface area contributed by atoms with E-state index in [1.54, 1.807) is 30.5 Å². The minimum atomic E-state index is -0.472. The van der Waals surface area contributed by atoms with Crippen molar-refractivity contribution < 1.29 is 4.79 Å². The average Bonchev–Trinajstić information content (AvgIpc) is 2.82. The van der Waals surface area contributed by atoms with E-state index in [-0.39, 0.29) is 5.91 Å². The molecule has 1 fully saturated rings. The SMILES string of the molecule is C=C/C=C\C(C(=O)N1CCC(C#N)(CC(/C=C\C(=C)C)=C/C)CC1)=C(/C)c1ccncn1. The zero-order valence-corrected chi connectivity index (χ0v) is 19.3. The van der Waals surface area contributed by atoms with Crippen LogP contribution < -0.4 is 0 Å². The van der Waals surface area contributed by atoms with Gasteiger partial charge in [0.05, 0.1) is 17.2 Å². The van der Waals surface area contributed by atoms with Crippen LogP contribution in [-0.2, 0) is 4.79 Å². The van der Waals surface area contributed by atoms with Gasteiger partial charge < -0.3 is 4.90 Å². The summed E-state index contributed by atoms with van der Waals surface area (Å²) in [6, 6.07) is 4.34. The standard InChI is InChI=1S/C27H32N4O/c1-6-8-9-24(22(5)25-12-15-29-20-30-25)26(32)31-16-13-27(19-28,14-17-31)18-23(7-2)11-10-21(3)4/h6-12,15,20H,1,3,13-14,16-18H2,2,4-5H3/b9-8-,11-10-,23-7+,24-22-. The van der Waals surface area contributed by atoms with Crippen molar-refractivity contribution in [3.8, 4) is 6.07 Å². The van der Waals surface area contributed by atoms with Gasteiger partial charge in [-0.1, -0.05) is 54.7 Å². The van der Waals surface area contributed by atoms with Gasteiger partial charge in [-0.15, -0.1) is 0 Å². The molecule has 0 radical (unpaired) electrons. The average molecular weight is 429 g/mol. The molecule has 0 aliphatic carbocycles. The number of likely N-dealkylation sites (tertiary alicyclic amines) is 1. The van der Waals surface area contributed by atoms with E-state index in [1.165, 1.54) is 6.33 Å². The van der Waals surface area contributed by atoms with Crippen LogP contribution in [0.1, 0.15) is 45.7 Å². The van der Waals surface area contributed by atoms with Crippen molar-refractivity contribution >= 4 is 11.5 Å². The Morgan fingerprint density at radius 3 is 2.53 bits per heavy atom. The smallest absolute Gasteiger partial charge is 0.254 e. The van der Waals surface area contributed by atoms with Crippen LogP contribution in [0.3, 0.4) is 0 Å². The van der Waals surface area contributed by atoms with Gasteiger partial charge in [-0.3, -0.25) is 4.79 Å². The molecule has 1 aliphatic heterocycles. The molecule has 32 heavy (non-hydrogen) atoms. The number of allylic oxidation sites excluding steroid dienone is 8. The summed E-state index contributed by atoms with van der Waals surface area (Å²) in [6.07, 6.45) is 16.3. The quantitative estimate of drug-likeness (QED) is 0.399. The van der Waals surface area contributed by atoms with Crippen LogP contribution in [0.2, 0.25) is 0 Å². The summed E-state index contributed by atoms with van der Waals surface area (Å²) in [7, 11) is 0. The molecule has 166 valence electrons. The number of carbonyl (C=O) groups excluding carboxylic acids is 1. The molecule has 1 aromatic heterocycles. The highest BCUT2D eigenvalue weighted by atomic mass is 16.2. The van der Waals surface area contributed by atoms with Gasteiger partial charge in [0, 0.05) is 24.9 Å². The first kappa shape index (κ1) is 24.7. The van der Waals surface area contributed by atoms with E-state index in [4.69, 9.17) is 0 Å². The Balaban J connectivity index is 2.21. The Morgan fingerprint density at radius 2 is 2.00 bits per heavy atom. The number of piperidine rings is 1. The van der Waals surface area contributed by atoms with Gasteiger partial charge in [-0.25, -0.2) is 9.97 Å². The molecule has 2 heterocycles. The van der Waals surface area contributed by atoms with Crippen molar-refractivity contribution in [1.82, 2.24) is 14.9 Å². The summed E-state index contributed by atoms with van der Waals surface area (Å²) in [4.78, 5) is 23.5. The maximum absolute atomic E-state index is 13.4. The molecular weight excluding hydrogens is 396 g/mol. The summed E-state index contributed by atoms with van der Waals surface area (Å²) >= 11 is 0. The Morgan fingerprint density at radius 1 is 1.28 bits per heavy atom. The number of hydrogen-bond acceptors (Lipinski definition) is 4. The molecule has 1 aliphatic rings. The highest BCUT2D eigenvalue weighted by molar-refractivity contribution is 6.03. The Bertz CT molecular complexity index is 998. The molecule has 0 N–H and O–H groups in total. The minimum Gasteiger partial charge on any atom is -0.339 e. The molecular formula is C27H32N4O. The minimum absolute atomic E-state index is 0.0563. The second-order valence-corrected chi connectivity index (χ2v) is 8.13. The number of nitrogens with zero attached hydrogens (tertiary/aromatic N) is 4. The van der Waals surface area contributed by atoms with Gasteiger partial charge in [0.1, 0.15) is 6.33 Å². The molecule has 0 unspecified atom stereocenters. The summed E-state index contributed by atoms with van der Waals surface area (Å²) in [6.45, 7) is 14.5. The molecule has 5 heteroatoms. The van der Waals surface area contributed by atoms with Crippen LogP contribution in [0.15, 0.2) is 84.9 Å². The maximum atomic E-state index is 13.4. The van der Waals surface area contributed by atoms with Gasteiger partial charge in [-0.2, -0.15) is 5.26 Å². The van der Waals surface area contributed by atoms with Crippen molar-refractivity contribution in [1.29, 1.82) is 5.26 Å². The zero-order chi connectivity index (χ0) is 23.6. The van der Waals surface area contributed by atoms with Gasteiger partial charge >= 0.3 is 0 Å². The van der Waals surface area contributed by atoms with Crippen molar-refractivity contribution in [2.45, 2.75) is 40.0 Å². The number of hydrogen-bond donors (Lipinski definition) is 0. The Hall–Kier alpha value is -3.52. The summed E-state index contributed by atoms with van der Waals surface area (Å²) < 4.78 is 0. The third kappa shape index (κ3) is 6.49. The van der Waals surface area contributed by atoms with Crippen molar-refractivity contribution in [3.05, 3.63) is 90.6 Å². The molecule has 2 rings (SSSR count). The van der Waals surface area contributed by atoms with E-state index in [0.29, 0.717) is 43.6 Å². The molecule has 1 amide bonds. The fourth-order valence-electron chi connectivity index (χ4n) is 3.70. The lowest BCUT2D eigenvalue weighted by atomic mass is 9.74. The fourth-order valence-corrected chi connectivity index (χ4v) is 3.70. The van der Waals surface area contributed by atoms with Crippen LogP contribution in [-0.4, -0.2) is 33.9 Å². The van der Waals surface area contributed by atoms with Gasteiger partial charge in [0.15, 0.2) is 0 Å². The van der Waals surface area contributed by atoms with Crippen LogP contribution in [0.4, 0.5) is 0 Å². The molecule has 1 saturated heterocycles. The monoisotopic (exact) mass is 428 g/mol. The maximum Gasteiger partial charge on any atom is 0.254 e. The lowest BCUT2D eigenvalue weighted by molar-refractivity contribution is -0.128. The van der Waals surface area contributed by atoms with Gasteiger partial charge in [-0.05, 0) is 57.7 Å². The molecule has 0 bridgehead atoms. The predicted molar refractivity (Wildman–Crippen MR) is 130 cm³/mol. The fraction of sp³-hybridized carbons (Fsp3) is 0.333. The first-order valence-electron chi connectivity index (χ1n) is 10.8. The van der Waals surface area contributed by atoms with E-state index >= 15 is 0 Å². The van der Waals surface area contributed by atoms with Crippen molar-refractivity contribution in [3.63, 3.8) is 0 Å². The number of nitriles is 1. The normalized spacial score (nSPS) is 17.2. The summed E-state index contributed by atoms with van der Waals surface area (Å²) in [5, 5.41) is 9.98. The van der Waals surface area contributed by atoms with Crippen molar-refractivity contribution in [2.24, 2.45) is 5.41 Å². The largest absolute Gasteiger partial charge is 0.339 e. The third-order valence-corrected chi connectivity index (χ3v) is 5.74. The summed E-state index contributed by atoms with van der Waals surface area (Å²) in [5.41, 5.74) is 3.69. The molecule has 0 saturated carbocycles. The second kappa shape index (κ2) is 11.8.